The van der Waals surface area contributed by atoms with Gasteiger partial charge in [-0.1, -0.05) is 6.07 Å². The number of ether oxygens (including phenoxy) is 4. The van der Waals surface area contributed by atoms with Crippen LogP contribution in [0.15, 0.2) is 35.7 Å². The highest BCUT2D eigenvalue weighted by atomic mass is 32.1. The van der Waals surface area contributed by atoms with E-state index in [0.29, 0.717) is 47.8 Å². The van der Waals surface area contributed by atoms with Gasteiger partial charge in [0.2, 0.25) is 5.75 Å². The van der Waals surface area contributed by atoms with Crippen molar-refractivity contribution in [3.63, 3.8) is 0 Å². The number of carbonyl (C=O) groups is 1. The van der Waals surface area contributed by atoms with Gasteiger partial charge in [0.25, 0.3) is 5.91 Å². The van der Waals surface area contributed by atoms with Crippen molar-refractivity contribution < 1.29 is 23.7 Å². The molecule has 0 spiro atoms. The molecule has 192 valence electrons. The van der Waals surface area contributed by atoms with E-state index in [4.69, 9.17) is 18.9 Å². The Balaban J connectivity index is 1.43. The van der Waals surface area contributed by atoms with E-state index in [-0.39, 0.29) is 5.91 Å². The molecule has 1 N–H and O–H groups in total. The molecule has 0 unspecified atom stereocenters. The fourth-order valence-electron chi connectivity index (χ4n) is 4.20. The second-order valence-corrected chi connectivity index (χ2v) is 9.15. The normalized spacial score (nSPS) is 13.1. The molecule has 0 saturated heterocycles. The van der Waals surface area contributed by atoms with Crippen molar-refractivity contribution in [2.24, 2.45) is 0 Å². The van der Waals surface area contributed by atoms with Gasteiger partial charge in [0.15, 0.2) is 16.6 Å². The van der Waals surface area contributed by atoms with Gasteiger partial charge < -0.3 is 18.9 Å². The lowest BCUT2D eigenvalue weighted by molar-refractivity contribution is 0.102. The number of rotatable bonds is 11. The summed E-state index contributed by atoms with van der Waals surface area (Å²) in [5.74, 6) is 2.10. The minimum absolute atomic E-state index is 0.276. The van der Waals surface area contributed by atoms with Crippen LogP contribution in [-0.4, -0.2) is 49.3 Å². The topological polar surface area (TPSA) is 82.2 Å². The number of amides is 1. The number of nitrogens with one attached hydrogen (secondary N) is 1. The zero-order valence-electron chi connectivity index (χ0n) is 21.3. The van der Waals surface area contributed by atoms with E-state index in [0.717, 1.165) is 37.5 Å². The second kappa shape index (κ2) is 12.1. The summed E-state index contributed by atoms with van der Waals surface area (Å²) < 4.78 is 22.5. The van der Waals surface area contributed by atoms with Gasteiger partial charge in [0.1, 0.15) is 5.75 Å². The highest BCUT2D eigenvalue weighted by Crippen LogP contribution is 2.39. The van der Waals surface area contributed by atoms with Gasteiger partial charge >= 0.3 is 0 Å². The fraction of sp³-hybridized carbons (Fsp3) is 0.407. The molecular weight excluding hydrogens is 478 g/mol. The van der Waals surface area contributed by atoms with Crippen LogP contribution in [-0.2, 0) is 19.5 Å². The van der Waals surface area contributed by atoms with Crippen LogP contribution < -0.4 is 24.3 Å². The summed E-state index contributed by atoms with van der Waals surface area (Å²) in [5.41, 5.74) is 4.01. The van der Waals surface area contributed by atoms with E-state index in [1.807, 2.05) is 32.2 Å². The van der Waals surface area contributed by atoms with E-state index in [9.17, 15) is 4.79 Å². The van der Waals surface area contributed by atoms with Gasteiger partial charge in [-0.3, -0.25) is 15.0 Å². The third-order valence-corrected chi connectivity index (χ3v) is 6.64. The summed E-state index contributed by atoms with van der Waals surface area (Å²) in [6.45, 7) is 9.56. The number of nitrogens with zero attached hydrogens (tertiary/aromatic N) is 2. The molecular formula is C27H33N3O5S. The van der Waals surface area contributed by atoms with Gasteiger partial charge in [-0.2, -0.15) is 0 Å². The molecule has 1 aromatic heterocycles. The minimum Gasteiger partial charge on any atom is -0.497 e. The molecule has 1 amide bonds. The molecule has 2 aromatic carbocycles. The van der Waals surface area contributed by atoms with E-state index >= 15 is 0 Å². The van der Waals surface area contributed by atoms with Crippen LogP contribution in [0.3, 0.4) is 0 Å². The number of methoxy groups -OCH3 is 1. The summed E-state index contributed by atoms with van der Waals surface area (Å²) in [5, 5.41) is 5.47. The van der Waals surface area contributed by atoms with E-state index in [2.05, 4.69) is 27.3 Å². The molecule has 9 heteroatoms. The third-order valence-electron chi connectivity index (χ3n) is 5.83. The SMILES string of the molecule is CCOc1cc(C(=O)Nc2nc(CN3CCc4cc(OC)ccc4C3)cs2)cc(OCC)c1OCC. The van der Waals surface area contributed by atoms with Crippen molar-refractivity contribution in [1.29, 1.82) is 0 Å². The van der Waals surface area contributed by atoms with Crippen molar-refractivity contribution in [1.82, 2.24) is 9.88 Å². The quantitative estimate of drug-likeness (QED) is 0.381. The van der Waals surface area contributed by atoms with E-state index in [1.54, 1.807) is 19.2 Å². The molecule has 0 atom stereocenters. The smallest absolute Gasteiger partial charge is 0.257 e. The van der Waals surface area contributed by atoms with Gasteiger partial charge in [-0.25, -0.2) is 4.98 Å². The van der Waals surface area contributed by atoms with E-state index < -0.39 is 0 Å². The van der Waals surface area contributed by atoms with Crippen molar-refractivity contribution in [2.45, 2.75) is 40.3 Å². The standard InChI is InChI=1S/C27H33N3O5S/c1-5-33-23-13-20(14-24(34-6-2)25(23)35-7-3)26(31)29-27-28-21(17-36-27)16-30-11-10-18-12-22(32-4)9-8-19(18)15-30/h8-9,12-14,17H,5-7,10-11,15-16H2,1-4H3,(H,28,29,31). The third kappa shape index (κ3) is 6.09. The molecule has 0 saturated carbocycles. The zero-order chi connectivity index (χ0) is 25.5. The average Bonchev–Trinajstić information content (AvgIpc) is 3.32. The zero-order valence-corrected chi connectivity index (χ0v) is 22.1. The molecule has 0 radical (unpaired) electrons. The molecule has 1 aliphatic rings. The maximum Gasteiger partial charge on any atom is 0.257 e. The van der Waals surface area contributed by atoms with Gasteiger partial charge in [0.05, 0.1) is 32.6 Å². The van der Waals surface area contributed by atoms with Crippen LogP contribution >= 0.6 is 11.3 Å². The van der Waals surface area contributed by atoms with Crippen molar-refractivity contribution >= 4 is 22.4 Å². The Labute approximate surface area is 216 Å². The first kappa shape index (κ1) is 25.8. The first-order valence-corrected chi connectivity index (χ1v) is 13.1. The first-order valence-electron chi connectivity index (χ1n) is 12.2. The molecule has 0 aliphatic carbocycles. The van der Waals surface area contributed by atoms with E-state index in [1.165, 1.54) is 22.5 Å². The molecule has 3 aromatic rings. The van der Waals surface area contributed by atoms with Gasteiger partial charge in [0, 0.05) is 30.6 Å². The minimum atomic E-state index is -0.276. The Morgan fingerprint density at radius 2 is 1.75 bits per heavy atom. The number of benzene rings is 2. The van der Waals surface area contributed by atoms with Gasteiger partial charge in [-0.15, -0.1) is 11.3 Å². The number of thiazole rings is 1. The number of anilines is 1. The highest BCUT2D eigenvalue weighted by molar-refractivity contribution is 7.14. The summed E-state index contributed by atoms with van der Waals surface area (Å²) in [4.78, 5) is 20.1. The van der Waals surface area contributed by atoms with Crippen LogP contribution in [0.4, 0.5) is 5.13 Å². The Kier molecular flexibility index (Phi) is 8.66. The molecule has 4 rings (SSSR count). The monoisotopic (exact) mass is 511 g/mol. The lowest BCUT2D eigenvalue weighted by Gasteiger charge is -2.28. The first-order chi connectivity index (χ1) is 17.5. The predicted molar refractivity (Wildman–Crippen MR) is 141 cm³/mol. The molecule has 0 fully saturated rings. The number of carbonyl (C=O) groups excluding carboxylic acids is 1. The summed E-state index contributed by atoms with van der Waals surface area (Å²) in [6.07, 6.45) is 0.975. The number of aromatic nitrogens is 1. The van der Waals surface area contributed by atoms with Crippen molar-refractivity contribution in [2.75, 3.05) is 38.8 Å². The molecule has 36 heavy (non-hydrogen) atoms. The Hall–Kier alpha value is -3.30. The maximum absolute atomic E-state index is 13.1. The maximum atomic E-state index is 13.1. The van der Waals surface area contributed by atoms with Crippen molar-refractivity contribution in [3.8, 4) is 23.0 Å². The Morgan fingerprint density at radius 3 is 2.42 bits per heavy atom. The highest BCUT2D eigenvalue weighted by Gasteiger charge is 2.21. The summed E-state index contributed by atoms with van der Waals surface area (Å²) >= 11 is 1.42. The second-order valence-electron chi connectivity index (χ2n) is 8.29. The lowest BCUT2D eigenvalue weighted by Crippen LogP contribution is -2.30. The van der Waals surface area contributed by atoms with Crippen LogP contribution in [0.2, 0.25) is 0 Å². The van der Waals surface area contributed by atoms with Crippen LogP contribution in [0, 0.1) is 0 Å². The molecule has 0 bridgehead atoms. The number of hydrogen-bond acceptors (Lipinski definition) is 8. The molecule has 2 heterocycles. The van der Waals surface area contributed by atoms with Gasteiger partial charge in [-0.05, 0) is 62.6 Å². The number of fused-ring (bicyclic) bond motifs is 1. The molecule has 8 nitrogen and oxygen atoms in total. The lowest BCUT2D eigenvalue weighted by atomic mass is 9.99. The predicted octanol–water partition coefficient (Wildman–Crippen LogP) is 5.16. The summed E-state index contributed by atoms with van der Waals surface area (Å²) in [7, 11) is 1.70. The fourth-order valence-corrected chi connectivity index (χ4v) is 4.90. The van der Waals surface area contributed by atoms with Crippen LogP contribution in [0.5, 0.6) is 23.0 Å². The average molecular weight is 512 g/mol. The summed E-state index contributed by atoms with van der Waals surface area (Å²) in [6, 6.07) is 9.63. The van der Waals surface area contributed by atoms with Crippen molar-refractivity contribution in [3.05, 3.63) is 58.1 Å². The Bertz CT molecular complexity index is 1170. The van der Waals surface area contributed by atoms with Crippen LogP contribution in [0.25, 0.3) is 0 Å². The molecule has 1 aliphatic heterocycles. The Morgan fingerprint density at radius 1 is 1.03 bits per heavy atom. The van der Waals surface area contributed by atoms with Crippen LogP contribution in [0.1, 0.15) is 48.0 Å². The largest absolute Gasteiger partial charge is 0.497 e. The number of hydrogen-bond donors (Lipinski definition) is 1.